The fourth-order valence-electron chi connectivity index (χ4n) is 4.11. The first-order valence-electron chi connectivity index (χ1n) is 8.47. The third-order valence-corrected chi connectivity index (χ3v) is 7.15. The summed E-state index contributed by atoms with van der Waals surface area (Å²) in [6.07, 6.45) is 0.739. The Hall–Kier alpha value is -1.92. The van der Waals surface area contributed by atoms with E-state index in [2.05, 4.69) is 18.0 Å². The fraction of sp³-hybridized carbons (Fsp3) is 0.368. The lowest BCUT2D eigenvalue weighted by Crippen LogP contribution is -2.47. The molecule has 2 aromatic carbocycles. The minimum Gasteiger partial charge on any atom is -0.306 e. The van der Waals surface area contributed by atoms with Crippen LogP contribution in [-0.2, 0) is 10.0 Å². The molecule has 2 aromatic rings. The predicted molar refractivity (Wildman–Crippen MR) is 95.9 cm³/mol. The van der Waals surface area contributed by atoms with Crippen LogP contribution in [0, 0.1) is 12.7 Å². The number of fused-ring (bicyclic) bond motifs is 3. The number of aryl methyl sites for hydroxylation is 1. The molecule has 0 saturated carbocycles. The molecule has 2 aliphatic rings. The Bertz CT molecular complexity index is 929. The van der Waals surface area contributed by atoms with Crippen LogP contribution >= 0.6 is 0 Å². The Balaban J connectivity index is 1.89. The highest BCUT2D eigenvalue weighted by Crippen LogP contribution is 2.47. The Morgan fingerprint density at radius 1 is 1.16 bits per heavy atom. The quantitative estimate of drug-likeness (QED) is 0.826. The van der Waals surface area contributed by atoms with Gasteiger partial charge in [0.15, 0.2) is 0 Å². The number of halogens is 1. The van der Waals surface area contributed by atoms with Crippen molar-refractivity contribution in [1.82, 2.24) is 4.90 Å². The number of hydrogen-bond acceptors (Lipinski definition) is 3. The normalized spacial score (nSPS) is 23.4. The standard InChI is InChI=1S/C19H21FN2O2S/c1-13-7-8-17-14(11-13)15-12-21(2)10-9-18(15)22(17)25(23,24)19-6-4-3-5-16(19)20/h3-8,11,15,18H,9-10,12H2,1-2H3/t15-,18+/m0/s1. The van der Waals surface area contributed by atoms with Crippen LogP contribution in [0.3, 0.4) is 0 Å². The summed E-state index contributed by atoms with van der Waals surface area (Å²) in [6.45, 7) is 3.65. The van der Waals surface area contributed by atoms with Crippen LogP contribution in [0.25, 0.3) is 0 Å². The maximum Gasteiger partial charge on any atom is 0.267 e. The smallest absolute Gasteiger partial charge is 0.267 e. The molecule has 4 rings (SSSR count). The number of hydrogen-bond donors (Lipinski definition) is 0. The van der Waals surface area contributed by atoms with Gasteiger partial charge in [-0.2, -0.15) is 0 Å². The number of piperidine rings is 1. The molecular weight excluding hydrogens is 339 g/mol. The molecule has 0 spiro atoms. The maximum atomic E-state index is 14.3. The molecule has 2 heterocycles. The number of likely N-dealkylation sites (N-methyl/N-ethyl adjacent to an activating group) is 1. The summed E-state index contributed by atoms with van der Waals surface area (Å²) in [6, 6.07) is 11.3. The topological polar surface area (TPSA) is 40.6 Å². The highest BCUT2D eigenvalue weighted by atomic mass is 32.2. The van der Waals surface area contributed by atoms with Crippen molar-refractivity contribution in [3.8, 4) is 0 Å². The predicted octanol–water partition coefficient (Wildman–Crippen LogP) is 3.13. The summed E-state index contributed by atoms with van der Waals surface area (Å²) in [7, 11) is -1.89. The first-order chi connectivity index (χ1) is 11.9. The second-order valence-corrected chi connectivity index (χ2v) is 8.80. The molecule has 0 bridgehead atoms. The van der Waals surface area contributed by atoms with Crippen LogP contribution in [-0.4, -0.2) is 39.5 Å². The van der Waals surface area contributed by atoms with E-state index < -0.39 is 15.8 Å². The maximum absolute atomic E-state index is 14.3. The van der Waals surface area contributed by atoms with Gasteiger partial charge < -0.3 is 4.90 Å². The van der Waals surface area contributed by atoms with E-state index in [1.807, 2.05) is 19.1 Å². The molecular formula is C19H21FN2O2S. The van der Waals surface area contributed by atoms with Gasteiger partial charge in [-0.05, 0) is 50.7 Å². The van der Waals surface area contributed by atoms with Crippen LogP contribution in [0.5, 0.6) is 0 Å². The van der Waals surface area contributed by atoms with E-state index in [0.29, 0.717) is 5.69 Å². The van der Waals surface area contributed by atoms with Crippen molar-refractivity contribution in [3.63, 3.8) is 0 Å². The van der Waals surface area contributed by atoms with Gasteiger partial charge >= 0.3 is 0 Å². The molecule has 0 N–H and O–H groups in total. The lowest BCUT2D eigenvalue weighted by molar-refractivity contribution is 0.237. The van der Waals surface area contributed by atoms with Crippen molar-refractivity contribution >= 4 is 15.7 Å². The molecule has 4 nitrogen and oxygen atoms in total. The Labute approximate surface area is 147 Å². The second kappa shape index (κ2) is 5.81. The average molecular weight is 360 g/mol. The van der Waals surface area contributed by atoms with Crippen LogP contribution in [0.15, 0.2) is 47.4 Å². The second-order valence-electron chi connectivity index (χ2n) is 7.02. The summed E-state index contributed by atoms with van der Waals surface area (Å²) in [5.74, 6) is -0.581. The zero-order valence-electron chi connectivity index (χ0n) is 14.3. The number of rotatable bonds is 2. The van der Waals surface area contributed by atoms with Gasteiger partial charge in [0.05, 0.1) is 11.7 Å². The Kier molecular flexibility index (Phi) is 3.85. The van der Waals surface area contributed by atoms with Crippen molar-refractivity contribution in [3.05, 3.63) is 59.4 Å². The highest BCUT2D eigenvalue weighted by Gasteiger charge is 2.47. The summed E-state index contributed by atoms with van der Waals surface area (Å²) >= 11 is 0. The van der Waals surface area contributed by atoms with Gasteiger partial charge in [0, 0.05) is 12.5 Å². The van der Waals surface area contributed by atoms with Crippen molar-refractivity contribution in [2.75, 3.05) is 24.4 Å². The largest absolute Gasteiger partial charge is 0.306 e. The Morgan fingerprint density at radius 2 is 1.92 bits per heavy atom. The van der Waals surface area contributed by atoms with Crippen molar-refractivity contribution in [1.29, 1.82) is 0 Å². The molecule has 0 aliphatic carbocycles. The third kappa shape index (κ3) is 2.55. The minimum atomic E-state index is -3.94. The number of nitrogens with zero attached hydrogens (tertiary/aromatic N) is 2. The van der Waals surface area contributed by atoms with E-state index in [4.69, 9.17) is 0 Å². The molecule has 132 valence electrons. The number of likely N-dealkylation sites (tertiary alicyclic amines) is 1. The van der Waals surface area contributed by atoms with Gasteiger partial charge in [0.2, 0.25) is 0 Å². The van der Waals surface area contributed by atoms with Gasteiger partial charge in [-0.1, -0.05) is 29.8 Å². The van der Waals surface area contributed by atoms with Crippen molar-refractivity contribution in [2.24, 2.45) is 0 Å². The van der Waals surface area contributed by atoms with Gasteiger partial charge in [0.25, 0.3) is 10.0 Å². The monoisotopic (exact) mass is 360 g/mol. The molecule has 0 unspecified atom stereocenters. The molecule has 0 radical (unpaired) electrons. The zero-order chi connectivity index (χ0) is 17.8. The molecule has 0 amide bonds. The first-order valence-corrected chi connectivity index (χ1v) is 9.91. The van der Waals surface area contributed by atoms with Crippen LogP contribution in [0.2, 0.25) is 0 Å². The van der Waals surface area contributed by atoms with E-state index in [1.54, 1.807) is 6.07 Å². The van der Waals surface area contributed by atoms with Gasteiger partial charge in [-0.15, -0.1) is 0 Å². The molecule has 2 atom stereocenters. The molecule has 25 heavy (non-hydrogen) atoms. The van der Waals surface area contributed by atoms with E-state index in [1.165, 1.54) is 22.5 Å². The van der Waals surface area contributed by atoms with Crippen LogP contribution < -0.4 is 4.31 Å². The van der Waals surface area contributed by atoms with Gasteiger partial charge in [-0.25, -0.2) is 12.8 Å². The van der Waals surface area contributed by atoms with E-state index in [-0.39, 0.29) is 16.9 Å². The van der Waals surface area contributed by atoms with Crippen molar-refractivity contribution < 1.29 is 12.8 Å². The highest BCUT2D eigenvalue weighted by molar-refractivity contribution is 7.92. The van der Waals surface area contributed by atoms with Crippen molar-refractivity contribution in [2.45, 2.75) is 30.2 Å². The lowest BCUT2D eigenvalue weighted by Gasteiger charge is -2.36. The summed E-state index contributed by atoms with van der Waals surface area (Å²) < 4.78 is 42.3. The Morgan fingerprint density at radius 3 is 2.68 bits per heavy atom. The lowest BCUT2D eigenvalue weighted by atomic mass is 9.89. The number of benzene rings is 2. The molecule has 2 aliphatic heterocycles. The molecule has 1 saturated heterocycles. The molecule has 1 fully saturated rings. The summed E-state index contributed by atoms with van der Waals surface area (Å²) in [4.78, 5) is 1.98. The fourth-order valence-corrected chi connectivity index (χ4v) is 5.92. The first kappa shape index (κ1) is 16.5. The summed E-state index contributed by atoms with van der Waals surface area (Å²) in [5, 5.41) is 0. The number of sulfonamides is 1. The van der Waals surface area contributed by atoms with Crippen LogP contribution in [0.1, 0.15) is 23.5 Å². The summed E-state index contributed by atoms with van der Waals surface area (Å²) in [5.41, 5.74) is 2.85. The number of anilines is 1. The molecule has 0 aromatic heterocycles. The zero-order valence-corrected chi connectivity index (χ0v) is 15.1. The SMILES string of the molecule is Cc1ccc2c(c1)[C@@H]1CN(C)CC[C@H]1N2S(=O)(=O)c1ccccc1F. The van der Waals surface area contributed by atoms with Gasteiger partial charge in [-0.3, -0.25) is 4.31 Å². The van der Waals surface area contributed by atoms with E-state index in [0.717, 1.165) is 30.6 Å². The van der Waals surface area contributed by atoms with Crippen LogP contribution in [0.4, 0.5) is 10.1 Å². The van der Waals surface area contributed by atoms with Gasteiger partial charge in [0.1, 0.15) is 10.7 Å². The molecule has 6 heteroatoms. The average Bonchev–Trinajstić information content (AvgIpc) is 2.89. The van der Waals surface area contributed by atoms with E-state index in [9.17, 15) is 12.8 Å². The third-order valence-electron chi connectivity index (χ3n) is 5.27. The van der Waals surface area contributed by atoms with E-state index >= 15 is 0 Å². The minimum absolute atomic E-state index is 0.121.